The van der Waals surface area contributed by atoms with Crippen LogP contribution in [0.1, 0.15) is 51.9 Å². The van der Waals surface area contributed by atoms with Crippen molar-refractivity contribution in [2.75, 3.05) is 6.61 Å². The zero-order chi connectivity index (χ0) is 10.9. The summed E-state index contributed by atoms with van der Waals surface area (Å²) in [6.45, 7) is 2.42. The highest BCUT2D eigenvalue weighted by Gasteiger charge is 2.29. The molecule has 0 rings (SSSR count). The lowest BCUT2D eigenvalue weighted by Crippen LogP contribution is -2.39. The van der Waals surface area contributed by atoms with Crippen LogP contribution in [-0.4, -0.2) is 30.0 Å². The maximum Gasteiger partial charge on any atom is 0.671 e. The second-order valence-corrected chi connectivity index (χ2v) is 4.98. The predicted molar refractivity (Wildman–Crippen MR) is 56.4 cm³/mol. The summed E-state index contributed by atoms with van der Waals surface area (Å²) >= 11 is 0. The van der Waals surface area contributed by atoms with E-state index in [9.17, 15) is 0 Å². The van der Waals surface area contributed by atoms with Crippen molar-refractivity contribution >= 4 is 9.05 Å². The van der Waals surface area contributed by atoms with Crippen LogP contribution in [0.5, 0.6) is 0 Å². The average Bonchev–Trinajstić information content (AvgIpc) is 2.08. The van der Waals surface area contributed by atoms with Crippen LogP contribution >= 0.6 is 0 Å². The molecule has 0 aliphatic rings. The maximum atomic E-state index is 8.52. The van der Waals surface area contributed by atoms with Crippen LogP contribution in [0, 0.1) is 0 Å². The summed E-state index contributed by atoms with van der Waals surface area (Å²) in [4.78, 5) is 25.6. The summed E-state index contributed by atoms with van der Waals surface area (Å²) in [6, 6.07) is 0. The Morgan fingerprint density at radius 3 is 1.86 bits per heavy atom. The molecular formula is C9H22O4Si. The number of hydrogen-bond donors (Lipinski definition) is 3. The number of rotatable bonds is 9. The van der Waals surface area contributed by atoms with Crippen LogP contribution in [-0.2, 0) is 4.43 Å². The molecule has 0 unspecified atom stereocenters. The van der Waals surface area contributed by atoms with E-state index in [0.29, 0.717) is 0 Å². The van der Waals surface area contributed by atoms with Crippen molar-refractivity contribution in [3.8, 4) is 0 Å². The minimum Gasteiger partial charge on any atom is -0.368 e. The van der Waals surface area contributed by atoms with Crippen LogP contribution in [0.15, 0.2) is 0 Å². The fourth-order valence-corrected chi connectivity index (χ4v) is 1.69. The SMILES string of the molecule is CCCCCCCCCO[Si](O)(O)O. The molecule has 0 bridgehead atoms. The first-order valence-corrected chi connectivity index (χ1v) is 7.12. The minimum absolute atomic E-state index is 0.240. The molecule has 0 atom stereocenters. The summed E-state index contributed by atoms with van der Waals surface area (Å²) in [5.41, 5.74) is 0. The molecule has 0 aromatic carbocycles. The molecule has 14 heavy (non-hydrogen) atoms. The topological polar surface area (TPSA) is 69.9 Å². The van der Waals surface area contributed by atoms with E-state index >= 15 is 0 Å². The van der Waals surface area contributed by atoms with Crippen LogP contribution in [0.2, 0.25) is 0 Å². The second kappa shape index (κ2) is 8.37. The Labute approximate surface area is 87.0 Å². The van der Waals surface area contributed by atoms with E-state index in [4.69, 9.17) is 14.4 Å². The first kappa shape index (κ1) is 14.1. The third-order valence-corrected chi connectivity index (χ3v) is 2.64. The molecule has 4 nitrogen and oxygen atoms in total. The molecule has 0 aromatic rings. The Hall–Kier alpha value is 0.0569. The van der Waals surface area contributed by atoms with E-state index < -0.39 is 9.05 Å². The van der Waals surface area contributed by atoms with E-state index in [-0.39, 0.29) is 6.61 Å². The normalized spacial score (nSPS) is 12.0. The third kappa shape index (κ3) is 12.1. The number of hydrogen-bond acceptors (Lipinski definition) is 4. The zero-order valence-corrected chi connectivity index (χ0v) is 9.91. The summed E-state index contributed by atoms with van der Waals surface area (Å²) in [7, 11) is -4.24. The second-order valence-electron chi connectivity index (χ2n) is 3.54. The molecule has 3 N–H and O–H groups in total. The lowest BCUT2D eigenvalue weighted by Gasteiger charge is -2.09. The van der Waals surface area contributed by atoms with Gasteiger partial charge in [0, 0.05) is 6.61 Å². The Kier molecular flexibility index (Phi) is 8.41. The van der Waals surface area contributed by atoms with Crippen molar-refractivity contribution in [2.45, 2.75) is 51.9 Å². The fourth-order valence-electron chi connectivity index (χ4n) is 1.27. The van der Waals surface area contributed by atoms with E-state index in [0.717, 1.165) is 19.3 Å². The Morgan fingerprint density at radius 2 is 1.36 bits per heavy atom. The molecule has 0 fully saturated rings. The van der Waals surface area contributed by atoms with Gasteiger partial charge in [0.05, 0.1) is 0 Å². The van der Waals surface area contributed by atoms with Crippen molar-refractivity contribution in [1.82, 2.24) is 0 Å². The van der Waals surface area contributed by atoms with Gasteiger partial charge in [0.2, 0.25) is 0 Å². The fraction of sp³-hybridized carbons (Fsp3) is 1.00. The van der Waals surface area contributed by atoms with Gasteiger partial charge in [-0.2, -0.15) is 0 Å². The summed E-state index contributed by atoms with van der Waals surface area (Å²) < 4.78 is 4.46. The molecule has 0 radical (unpaired) electrons. The molecule has 0 amide bonds. The highest BCUT2D eigenvalue weighted by molar-refractivity contribution is 6.48. The van der Waals surface area contributed by atoms with Crippen LogP contribution < -0.4 is 0 Å². The third-order valence-electron chi connectivity index (χ3n) is 2.04. The highest BCUT2D eigenvalue weighted by Crippen LogP contribution is 2.07. The lowest BCUT2D eigenvalue weighted by atomic mass is 10.1. The Balaban J connectivity index is 2.99. The van der Waals surface area contributed by atoms with Crippen molar-refractivity contribution < 1.29 is 18.8 Å². The monoisotopic (exact) mass is 222 g/mol. The van der Waals surface area contributed by atoms with Gasteiger partial charge < -0.3 is 18.8 Å². The van der Waals surface area contributed by atoms with E-state index in [1.807, 2.05) is 0 Å². The Bertz CT molecular complexity index is 124. The van der Waals surface area contributed by atoms with Crippen molar-refractivity contribution in [2.24, 2.45) is 0 Å². The van der Waals surface area contributed by atoms with Crippen LogP contribution in [0.4, 0.5) is 0 Å². The molecule has 0 aliphatic heterocycles. The number of unbranched alkanes of at least 4 members (excludes halogenated alkanes) is 6. The van der Waals surface area contributed by atoms with Gasteiger partial charge in [-0.3, -0.25) is 0 Å². The standard InChI is InChI=1S/C9H22O4Si/c1-2-3-4-5-6-7-8-9-13-14(10,11)12/h10-12H,2-9H2,1H3. The largest absolute Gasteiger partial charge is 0.671 e. The summed E-state index contributed by atoms with van der Waals surface area (Å²) in [5.74, 6) is 0. The quantitative estimate of drug-likeness (QED) is 0.404. The van der Waals surface area contributed by atoms with Gasteiger partial charge in [-0.15, -0.1) is 0 Å². The predicted octanol–water partition coefficient (Wildman–Crippen LogP) is 1.17. The van der Waals surface area contributed by atoms with E-state index in [1.165, 1.54) is 25.7 Å². The molecule has 86 valence electrons. The van der Waals surface area contributed by atoms with Gasteiger partial charge in [0.15, 0.2) is 0 Å². The van der Waals surface area contributed by atoms with Crippen molar-refractivity contribution in [3.63, 3.8) is 0 Å². The maximum absolute atomic E-state index is 8.52. The van der Waals surface area contributed by atoms with Crippen LogP contribution in [0.25, 0.3) is 0 Å². The molecule has 0 spiro atoms. The van der Waals surface area contributed by atoms with Crippen LogP contribution in [0.3, 0.4) is 0 Å². The Morgan fingerprint density at radius 1 is 0.857 bits per heavy atom. The highest BCUT2D eigenvalue weighted by atomic mass is 28.4. The van der Waals surface area contributed by atoms with Gasteiger partial charge in [-0.1, -0.05) is 45.4 Å². The lowest BCUT2D eigenvalue weighted by molar-refractivity contribution is 0.0618. The van der Waals surface area contributed by atoms with Gasteiger partial charge in [-0.05, 0) is 6.42 Å². The molecule has 0 aromatic heterocycles. The molecule has 0 aliphatic carbocycles. The first-order valence-electron chi connectivity index (χ1n) is 5.37. The molecule has 0 saturated heterocycles. The summed E-state index contributed by atoms with van der Waals surface area (Å²) in [6.07, 6.45) is 7.99. The van der Waals surface area contributed by atoms with E-state index in [2.05, 4.69) is 11.3 Å². The summed E-state index contributed by atoms with van der Waals surface area (Å²) in [5, 5.41) is 0. The first-order chi connectivity index (χ1) is 6.56. The molecule has 0 saturated carbocycles. The smallest absolute Gasteiger partial charge is 0.368 e. The average molecular weight is 222 g/mol. The molecule has 0 heterocycles. The van der Waals surface area contributed by atoms with Gasteiger partial charge in [-0.25, -0.2) is 0 Å². The van der Waals surface area contributed by atoms with Crippen molar-refractivity contribution in [1.29, 1.82) is 0 Å². The van der Waals surface area contributed by atoms with Crippen molar-refractivity contribution in [3.05, 3.63) is 0 Å². The van der Waals surface area contributed by atoms with Gasteiger partial charge in [0.1, 0.15) is 0 Å². The zero-order valence-electron chi connectivity index (χ0n) is 8.91. The molecule has 5 heteroatoms. The van der Waals surface area contributed by atoms with Gasteiger partial charge >= 0.3 is 9.05 Å². The minimum atomic E-state index is -4.24. The molecular weight excluding hydrogens is 200 g/mol. The van der Waals surface area contributed by atoms with Gasteiger partial charge in [0.25, 0.3) is 0 Å². The van der Waals surface area contributed by atoms with E-state index in [1.54, 1.807) is 0 Å².